The van der Waals surface area contributed by atoms with Gasteiger partial charge in [-0.1, -0.05) is 6.92 Å². The van der Waals surface area contributed by atoms with Crippen molar-refractivity contribution in [1.82, 2.24) is 5.32 Å². The molecule has 1 amide bonds. The van der Waals surface area contributed by atoms with E-state index in [1.54, 1.807) is 18.9 Å². The molecule has 0 heterocycles. The van der Waals surface area contributed by atoms with E-state index in [-0.39, 0.29) is 5.91 Å². The molecule has 1 saturated carbocycles. The molecule has 1 aromatic rings. The minimum Gasteiger partial charge on any atom is -0.497 e. The molecule has 1 fully saturated rings. The second-order valence-electron chi connectivity index (χ2n) is 5.50. The SMILES string of the molecule is CCCNC(CSc1ccc(OC)cc1)(C(N)=O)C1CC1. The second kappa shape index (κ2) is 7.18. The summed E-state index contributed by atoms with van der Waals surface area (Å²) < 4.78 is 5.16. The summed E-state index contributed by atoms with van der Waals surface area (Å²) in [7, 11) is 1.65. The standard InChI is InChI=1S/C16H24N2O2S/c1-3-10-18-16(15(17)19,12-4-5-12)11-21-14-8-6-13(20-2)7-9-14/h6-9,12,18H,3-5,10-11H2,1-2H3,(H2,17,19). The summed E-state index contributed by atoms with van der Waals surface area (Å²) in [5.74, 6) is 1.68. The van der Waals surface area contributed by atoms with Crippen LogP contribution >= 0.6 is 11.8 Å². The molecule has 0 bridgehead atoms. The first kappa shape index (κ1) is 16.2. The molecule has 5 heteroatoms. The predicted octanol–water partition coefficient (Wildman–Crippen LogP) is 2.42. The van der Waals surface area contributed by atoms with E-state index in [1.165, 1.54) is 0 Å². The molecule has 21 heavy (non-hydrogen) atoms. The van der Waals surface area contributed by atoms with Crippen molar-refractivity contribution in [3.05, 3.63) is 24.3 Å². The third kappa shape index (κ3) is 3.92. The number of carbonyl (C=O) groups excluding carboxylic acids is 1. The Morgan fingerprint density at radius 1 is 1.43 bits per heavy atom. The molecule has 0 radical (unpaired) electrons. The first-order valence-electron chi connectivity index (χ1n) is 7.44. The summed E-state index contributed by atoms with van der Waals surface area (Å²) in [6, 6.07) is 7.90. The van der Waals surface area contributed by atoms with Gasteiger partial charge in [-0.05, 0) is 56.0 Å². The minimum absolute atomic E-state index is 0.223. The summed E-state index contributed by atoms with van der Waals surface area (Å²) in [4.78, 5) is 13.2. The average molecular weight is 308 g/mol. The molecular formula is C16H24N2O2S. The fourth-order valence-corrected chi connectivity index (χ4v) is 3.67. The Morgan fingerprint density at radius 3 is 2.57 bits per heavy atom. The lowest BCUT2D eigenvalue weighted by Crippen LogP contribution is -2.59. The third-order valence-corrected chi connectivity index (χ3v) is 5.14. The summed E-state index contributed by atoms with van der Waals surface area (Å²) in [6.45, 7) is 2.92. The third-order valence-electron chi connectivity index (χ3n) is 3.93. The van der Waals surface area contributed by atoms with Crippen molar-refractivity contribution in [2.24, 2.45) is 11.7 Å². The number of rotatable bonds is 9. The van der Waals surface area contributed by atoms with Crippen LogP contribution in [0.2, 0.25) is 0 Å². The average Bonchev–Trinajstić information content (AvgIpc) is 3.33. The zero-order chi connectivity index (χ0) is 15.3. The topological polar surface area (TPSA) is 64.3 Å². The van der Waals surface area contributed by atoms with Gasteiger partial charge in [0.15, 0.2) is 0 Å². The molecule has 0 aliphatic heterocycles. The van der Waals surface area contributed by atoms with Gasteiger partial charge < -0.3 is 15.8 Å². The van der Waals surface area contributed by atoms with E-state index in [1.807, 2.05) is 24.3 Å². The molecule has 3 N–H and O–H groups in total. The van der Waals surface area contributed by atoms with Gasteiger partial charge in [0.2, 0.25) is 5.91 Å². The Hall–Kier alpha value is -1.20. The molecule has 1 aliphatic rings. The van der Waals surface area contributed by atoms with Gasteiger partial charge in [-0.3, -0.25) is 4.79 Å². The van der Waals surface area contributed by atoms with Crippen LogP contribution in [-0.2, 0) is 4.79 Å². The summed E-state index contributed by atoms with van der Waals surface area (Å²) in [5, 5.41) is 3.42. The predicted molar refractivity (Wildman–Crippen MR) is 86.7 cm³/mol. The highest BCUT2D eigenvalue weighted by Gasteiger charge is 2.49. The van der Waals surface area contributed by atoms with Gasteiger partial charge in [0.25, 0.3) is 0 Å². The lowest BCUT2D eigenvalue weighted by Gasteiger charge is -2.31. The maximum atomic E-state index is 12.1. The van der Waals surface area contributed by atoms with Crippen molar-refractivity contribution in [1.29, 1.82) is 0 Å². The molecule has 1 aliphatic carbocycles. The number of primary amides is 1. The van der Waals surface area contributed by atoms with E-state index in [0.29, 0.717) is 11.7 Å². The number of nitrogens with one attached hydrogen (secondary N) is 1. The lowest BCUT2D eigenvalue weighted by molar-refractivity contribution is -0.124. The molecule has 4 nitrogen and oxygen atoms in total. The molecular weight excluding hydrogens is 284 g/mol. The van der Waals surface area contributed by atoms with Crippen LogP contribution in [0.15, 0.2) is 29.2 Å². The quantitative estimate of drug-likeness (QED) is 0.688. The maximum Gasteiger partial charge on any atom is 0.238 e. The van der Waals surface area contributed by atoms with E-state index in [2.05, 4.69) is 12.2 Å². The fraction of sp³-hybridized carbons (Fsp3) is 0.562. The van der Waals surface area contributed by atoms with Crippen LogP contribution in [-0.4, -0.2) is 30.9 Å². The van der Waals surface area contributed by atoms with E-state index in [9.17, 15) is 4.79 Å². The molecule has 1 atom stereocenters. The Morgan fingerprint density at radius 2 is 2.10 bits per heavy atom. The number of amides is 1. The van der Waals surface area contributed by atoms with Crippen LogP contribution in [0.1, 0.15) is 26.2 Å². The van der Waals surface area contributed by atoms with E-state index in [0.717, 1.165) is 36.5 Å². The largest absolute Gasteiger partial charge is 0.497 e. The molecule has 1 aromatic carbocycles. The number of hydrogen-bond donors (Lipinski definition) is 2. The van der Waals surface area contributed by atoms with Gasteiger partial charge in [-0.25, -0.2) is 0 Å². The summed E-state index contributed by atoms with van der Waals surface area (Å²) in [6.07, 6.45) is 3.17. The number of thioether (sulfide) groups is 1. The van der Waals surface area contributed by atoms with Crippen molar-refractivity contribution in [3.63, 3.8) is 0 Å². The molecule has 0 spiro atoms. The molecule has 2 rings (SSSR count). The number of hydrogen-bond acceptors (Lipinski definition) is 4. The minimum atomic E-state index is -0.569. The lowest BCUT2D eigenvalue weighted by atomic mass is 9.94. The van der Waals surface area contributed by atoms with Crippen LogP contribution in [0.3, 0.4) is 0 Å². The molecule has 0 saturated heterocycles. The zero-order valence-corrected chi connectivity index (χ0v) is 13.5. The number of ether oxygens (including phenoxy) is 1. The number of carbonyl (C=O) groups is 1. The van der Waals surface area contributed by atoms with Gasteiger partial charge in [0.1, 0.15) is 11.3 Å². The van der Waals surface area contributed by atoms with Crippen molar-refractivity contribution in [2.75, 3.05) is 19.4 Å². The normalized spacial score (nSPS) is 17.2. The monoisotopic (exact) mass is 308 g/mol. The second-order valence-corrected chi connectivity index (χ2v) is 6.55. The van der Waals surface area contributed by atoms with Gasteiger partial charge in [0.05, 0.1) is 7.11 Å². The van der Waals surface area contributed by atoms with Gasteiger partial charge in [0, 0.05) is 10.6 Å². The summed E-state index contributed by atoms with van der Waals surface area (Å²) in [5.41, 5.74) is 5.16. The first-order chi connectivity index (χ1) is 10.1. The zero-order valence-electron chi connectivity index (χ0n) is 12.7. The number of nitrogens with two attached hydrogens (primary N) is 1. The van der Waals surface area contributed by atoms with Crippen LogP contribution in [0.25, 0.3) is 0 Å². The Labute approximate surface area is 130 Å². The Bertz CT molecular complexity index is 474. The number of methoxy groups -OCH3 is 1. The van der Waals surface area contributed by atoms with Crippen molar-refractivity contribution < 1.29 is 9.53 Å². The van der Waals surface area contributed by atoms with E-state index >= 15 is 0 Å². The highest BCUT2D eigenvalue weighted by molar-refractivity contribution is 7.99. The Balaban J connectivity index is 2.05. The Kier molecular flexibility index (Phi) is 5.53. The smallest absolute Gasteiger partial charge is 0.238 e. The van der Waals surface area contributed by atoms with Crippen LogP contribution < -0.4 is 15.8 Å². The summed E-state index contributed by atoms with van der Waals surface area (Å²) >= 11 is 1.67. The van der Waals surface area contributed by atoms with Gasteiger partial charge in [-0.2, -0.15) is 0 Å². The first-order valence-corrected chi connectivity index (χ1v) is 8.42. The van der Waals surface area contributed by atoms with Crippen LogP contribution in [0.5, 0.6) is 5.75 Å². The fourth-order valence-electron chi connectivity index (χ4n) is 2.47. The molecule has 0 aromatic heterocycles. The highest BCUT2D eigenvalue weighted by atomic mass is 32.2. The number of benzene rings is 1. The van der Waals surface area contributed by atoms with Gasteiger partial charge >= 0.3 is 0 Å². The van der Waals surface area contributed by atoms with Crippen LogP contribution in [0, 0.1) is 5.92 Å². The van der Waals surface area contributed by atoms with E-state index < -0.39 is 5.54 Å². The van der Waals surface area contributed by atoms with Gasteiger partial charge in [-0.15, -0.1) is 11.8 Å². The van der Waals surface area contributed by atoms with Crippen molar-refractivity contribution >= 4 is 17.7 Å². The highest BCUT2D eigenvalue weighted by Crippen LogP contribution is 2.42. The van der Waals surface area contributed by atoms with Crippen molar-refractivity contribution in [3.8, 4) is 5.75 Å². The van der Waals surface area contributed by atoms with E-state index in [4.69, 9.17) is 10.5 Å². The molecule has 1 unspecified atom stereocenters. The van der Waals surface area contributed by atoms with Crippen LogP contribution in [0.4, 0.5) is 0 Å². The maximum absolute atomic E-state index is 12.1. The van der Waals surface area contributed by atoms with Crippen molar-refractivity contribution in [2.45, 2.75) is 36.6 Å². The molecule has 116 valence electrons.